The van der Waals surface area contributed by atoms with E-state index in [4.69, 9.17) is 0 Å². The molecule has 1 aliphatic heterocycles. The SMILES string of the molecule is CCC1C(=O)CCN1C(=O)c1sc(C)nc1-c1ccccc1. The largest absolute Gasteiger partial charge is 0.327 e. The summed E-state index contributed by atoms with van der Waals surface area (Å²) in [6.07, 6.45) is 1.13. The van der Waals surface area contributed by atoms with Crippen molar-refractivity contribution in [1.82, 2.24) is 9.88 Å². The van der Waals surface area contributed by atoms with Gasteiger partial charge in [-0.15, -0.1) is 11.3 Å². The van der Waals surface area contributed by atoms with E-state index in [1.165, 1.54) is 11.3 Å². The first-order valence-corrected chi connectivity index (χ1v) is 8.30. The van der Waals surface area contributed by atoms with Crippen LogP contribution in [0.1, 0.15) is 34.4 Å². The van der Waals surface area contributed by atoms with Crippen LogP contribution in [-0.4, -0.2) is 34.2 Å². The number of hydrogen-bond acceptors (Lipinski definition) is 4. The van der Waals surface area contributed by atoms with Gasteiger partial charge in [-0.2, -0.15) is 0 Å². The standard InChI is InChI=1S/C17H18N2O2S/c1-3-13-14(20)9-10-19(13)17(21)16-15(18-11(2)22-16)12-7-5-4-6-8-12/h4-8,13H,3,9-10H2,1-2H3. The van der Waals surface area contributed by atoms with Crippen LogP contribution in [0.5, 0.6) is 0 Å². The van der Waals surface area contributed by atoms with Crippen molar-refractivity contribution in [1.29, 1.82) is 0 Å². The van der Waals surface area contributed by atoms with Crippen LogP contribution in [0, 0.1) is 6.92 Å². The Balaban J connectivity index is 1.99. The number of carbonyl (C=O) groups excluding carboxylic acids is 2. The van der Waals surface area contributed by atoms with Crippen molar-refractivity contribution in [2.45, 2.75) is 32.7 Å². The lowest BCUT2D eigenvalue weighted by Crippen LogP contribution is -2.37. The van der Waals surface area contributed by atoms with E-state index in [-0.39, 0.29) is 17.7 Å². The van der Waals surface area contributed by atoms with Gasteiger partial charge in [-0.3, -0.25) is 9.59 Å². The van der Waals surface area contributed by atoms with E-state index in [0.29, 0.717) is 24.3 Å². The lowest BCUT2D eigenvalue weighted by atomic mass is 10.1. The van der Waals surface area contributed by atoms with Gasteiger partial charge in [0.05, 0.1) is 16.7 Å². The highest BCUT2D eigenvalue weighted by Crippen LogP contribution is 2.31. The molecular formula is C17H18N2O2S. The molecule has 0 saturated carbocycles. The Morgan fingerprint density at radius 3 is 2.77 bits per heavy atom. The summed E-state index contributed by atoms with van der Waals surface area (Å²) >= 11 is 1.40. The number of aryl methyl sites for hydroxylation is 1. The number of amides is 1. The van der Waals surface area contributed by atoms with Gasteiger partial charge in [0, 0.05) is 18.5 Å². The fourth-order valence-electron chi connectivity index (χ4n) is 2.91. The fourth-order valence-corrected chi connectivity index (χ4v) is 3.81. The van der Waals surface area contributed by atoms with E-state index in [0.717, 1.165) is 16.3 Å². The molecule has 1 aromatic heterocycles. The first kappa shape index (κ1) is 14.9. The molecule has 5 heteroatoms. The summed E-state index contributed by atoms with van der Waals surface area (Å²) in [4.78, 5) is 31.7. The zero-order valence-corrected chi connectivity index (χ0v) is 13.5. The number of hydrogen-bond donors (Lipinski definition) is 0. The third-order valence-electron chi connectivity index (χ3n) is 3.97. The highest BCUT2D eigenvalue weighted by Gasteiger charge is 2.36. The predicted molar refractivity (Wildman–Crippen MR) is 87.0 cm³/mol. The summed E-state index contributed by atoms with van der Waals surface area (Å²) in [6, 6.07) is 9.45. The van der Waals surface area contributed by atoms with Gasteiger partial charge < -0.3 is 4.90 Å². The molecule has 4 nitrogen and oxygen atoms in total. The number of aromatic nitrogens is 1. The Kier molecular flexibility index (Phi) is 4.07. The van der Waals surface area contributed by atoms with Gasteiger partial charge in [-0.05, 0) is 13.3 Å². The monoisotopic (exact) mass is 314 g/mol. The van der Waals surface area contributed by atoms with Gasteiger partial charge >= 0.3 is 0 Å². The molecule has 1 fully saturated rings. The maximum Gasteiger partial charge on any atom is 0.266 e. The van der Waals surface area contributed by atoms with Crippen LogP contribution in [0.3, 0.4) is 0 Å². The fraction of sp³-hybridized carbons (Fsp3) is 0.353. The van der Waals surface area contributed by atoms with Crippen LogP contribution in [-0.2, 0) is 4.79 Å². The summed E-state index contributed by atoms with van der Waals surface area (Å²) in [5, 5.41) is 0.862. The molecule has 2 aromatic rings. The number of nitrogens with zero attached hydrogens (tertiary/aromatic N) is 2. The van der Waals surface area contributed by atoms with Crippen LogP contribution >= 0.6 is 11.3 Å². The molecule has 1 saturated heterocycles. The Labute approximate surface area is 133 Å². The molecule has 0 spiro atoms. The van der Waals surface area contributed by atoms with Crippen LogP contribution in [0.15, 0.2) is 30.3 Å². The van der Waals surface area contributed by atoms with Gasteiger partial charge in [0.25, 0.3) is 5.91 Å². The third kappa shape index (κ3) is 2.57. The molecule has 1 unspecified atom stereocenters. The van der Waals surface area contributed by atoms with Crippen molar-refractivity contribution >= 4 is 23.0 Å². The molecule has 0 N–H and O–H groups in total. The molecule has 0 aliphatic carbocycles. The van der Waals surface area contributed by atoms with Crippen molar-refractivity contribution in [3.05, 3.63) is 40.2 Å². The van der Waals surface area contributed by atoms with Crippen molar-refractivity contribution in [2.75, 3.05) is 6.54 Å². The molecule has 1 aliphatic rings. The molecular weight excluding hydrogens is 296 g/mol. The first-order chi connectivity index (χ1) is 10.6. The summed E-state index contributed by atoms with van der Waals surface area (Å²) < 4.78 is 0. The van der Waals surface area contributed by atoms with Crippen molar-refractivity contribution in [2.24, 2.45) is 0 Å². The number of carbonyl (C=O) groups is 2. The zero-order chi connectivity index (χ0) is 15.7. The molecule has 1 atom stereocenters. The van der Waals surface area contributed by atoms with E-state index >= 15 is 0 Å². The van der Waals surface area contributed by atoms with Crippen LogP contribution < -0.4 is 0 Å². The van der Waals surface area contributed by atoms with Crippen molar-refractivity contribution in [3.8, 4) is 11.3 Å². The van der Waals surface area contributed by atoms with Crippen LogP contribution in [0.25, 0.3) is 11.3 Å². The lowest BCUT2D eigenvalue weighted by Gasteiger charge is -2.22. The molecule has 0 radical (unpaired) electrons. The summed E-state index contributed by atoms with van der Waals surface area (Å²) in [7, 11) is 0. The van der Waals surface area contributed by atoms with E-state index in [2.05, 4.69) is 4.98 Å². The highest BCUT2D eigenvalue weighted by molar-refractivity contribution is 7.14. The minimum atomic E-state index is -0.279. The van der Waals surface area contributed by atoms with Crippen LogP contribution in [0.4, 0.5) is 0 Å². The number of thiazole rings is 1. The Hall–Kier alpha value is -2.01. The van der Waals surface area contributed by atoms with E-state index in [1.807, 2.05) is 44.2 Å². The maximum absolute atomic E-state index is 12.9. The summed E-state index contributed by atoms with van der Waals surface area (Å²) in [6.45, 7) is 4.37. The number of rotatable bonds is 3. The molecule has 114 valence electrons. The second kappa shape index (κ2) is 6.01. The van der Waals surface area contributed by atoms with Crippen LogP contribution in [0.2, 0.25) is 0 Å². The van der Waals surface area contributed by atoms with Gasteiger partial charge in [-0.25, -0.2) is 4.98 Å². The second-order valence-corrected chi connectivity index (χ2v) is 6.62. The Bertz CT molecular complexity index is 709. The van der Waals surface area contributed by atoms with Gasteiger partial charge in [0.1, 0.15) is 4.88 Å². The minimum Gasteiger partial charge on any atom is -0.327 e. The van der Waals surface area contributed by atoms with E-state index in [9.17, 15) is 9.59 Å². The topological polar surface area (TPSA) is 50.3 Å². The average Bonchev–Trinajstić information content (AvgIpc) is 3.10. The van der Waals surface area contributed by atoms with E-state index in [1.54, 1.807) is 4.90 Å². The van der Waals surface area contributed by atoms with Gasteiger partial charge in [0.15, 0.2) is 5.78 Å². The Morgan fingerprint density at radius 2 is 2.09 bits per heavy atom. The molecule has 0 bridgehead atoms. The first-order valence-electron chi connectivity index (χ1n) is 7.48. The number of ketones is 1. The van der Waals surface area contributed by atoms with Crippen molar-refractivity contribution < 1.29 is 9.59 Å². The lowest BCUT2D eigenvalue weighted by molar-refractivity contribution is -0.119. The summed E-state index contributed by atoms with van der Waals surface area (Å²) in [5.74, 6) is 0.0977. The molecule has 22 heavy (non-hydrogen) atoms. The average molecular weight is 314 g/mol. The van der Waals surface area contributed by atoms with Gasteiger partial charge in [-0.1, -0.05) is 37.3 Å². The Morgan fingerprint density at radius 1 is 1.36 bits per heavy atom. The highest BCUT2D eigenvalue weighted by atomic mass is 32.1. The van der Waals surface area contributed by atoms with Crippen molar-refractivity contribution in [3.63, 3.8) is 0 Å². The molecule has 3 rings (SSSR count). The van der Waals surface area contributed by atoms with Gasteiger partial charge in [0.2, 0.25) is 0 Å². The molecule has 1 aromatic carbocycles. The van der Waals surface area contributed by atoms with E-state index < -0.39 is 0 Å². The molecule has 1 amide bonds. The number of likely N-dealkylation sites (tertiary alicyclic amines) is 1. The maximum atomic E-state index is 12.9. The third-order valence-corrected chi connectivity index (χ3v) is 4.93. The smallest absolute Gasteiger partial charge is 0.266 e. The minimum absolute atomic E-state index is 0.0675. The normalized spacial score (nSPS) is 18.0. The second-order valence-electron chi connectivity index (χ2n) is 5.42. The predicted octanol–water partition coefficient (Wildman–Crippen LogP) is 3.31. The number of benzene rings is 1. The summed E-state index contributed by atoms with van der Waals surface area (Å²) in [5.41, 5.74) is 1.66. The number of Topliss-reactive ketones (excluding diaryl/α,β-unsaturated/α-hetero) is 1. The zero-order valence-electron chi connectivity index (χ0n) is 12.7. The quantitative estimate of drug-likeness (QED) is 0.873. The molecule has 2 heterocycles.